The van der Waals surface area contributed by atoms with E-state index in [1.54, 1.807) is 25.1 Å². The molecule has 0 fully saturated rings. The molecule has 0 radical (unpaired) electrons. The zero-order valence-electron chi connectivity index (χ0n) is 20.6. The molecule has 0 saturated heterocycles. The predicted molar refractivity (Wildman–Crippen MR) is 139 cm³/mol. The molecule has 0 spiro atoms. The summed E-state index contributed by atoms with van der Waals surface area (Å²) in [5.74, 6) is -0.273. The van der Waals surface area contributed by atoms with E-state index >= 15 is 0 Å². The highest BCUT2D eigenvalue weighted by Crippen LogP contribution is 2.32. The minimum atomic E-state index is -4.51. The maximum Gasteiger partial charge on any atom is 0.416 e. The first-order valence-electron chi connectivity index (χ1n) is 12.0. The first-order chi connectivity index (χ1) is 18.2. The lowest BCUT2D eigenvalue weighted by Crippen LogP contribution is -2.20. The summed E-state index contributed by atoms with van der Waals surface area (Å²) >= 11 is 1.51. The molecular formula is C27H26F3N3O4S. The number of amides is 2. The first kappa shape index (κ1) is 27.2. The number of carbonyl (C=O) groups is 2. The van der Waals surface area contributed by atoms with Crippen LogP contribution in [0.3, 0.4) is 0 Å². The van der Waals surface area contributed by atoms with Gasteiger partial charge >= 0.3 is 6.18 Å². The maximum absolute atomic E-state index is 12.9. The molecule has 11 heteroatoms. The van der Waals surface area contributed by atoms with Crippen molar-refractivity contribution in [3.63, 3.8) is 0 Å². The molecule has 3 aromatic rings. The van der Waals surface area contributed by atoms with Crippen LogP contribution in [0.25, 0.3) is 0 Å². The predicted octanol–water partition coefficient (Wildman–Crippen LogP) is 5.83. The van der Waals surface area contributed by atoms with Crippen LogP contribution in [-0.2, 0) is 23.8 Å². The molecule has 200 valence electrons. The maximum atomic E-state index is 12.9. The number of hydrazone groups is 1. The lowest BCUT2D eigenvalue weighted by molar-refractivity contribution is -0.137. The molecule has 1 aromatic heterocycles. The van der Waals surface area contributed by atoms with Crippen molar-refractivity contribution in [2.75, 3.05) is 18.5 Å². The van der Waals surface area contributed by atoms with Gasteiger partial charge in [-0.3, -0.25) is 9.59 Å². The smallest absolute Gasteiger partial charge is 0.416 e. The largest absolute Gasteiger partial charge is 0.490 e. The van der Waals surface area contributed by atoms with E-state index in [0.29, 0.717) is 22.8 Å². The lowest BCUT2D eigenvalue weighted by Gasteiger charge is -2.13. The van der Waals surface area contributed by atoms with Gasteiger partial charge in [0.15, 0.2) is 18.1 Å². The number of benzene rings is 2. The van der Waals surface area contributed by atoms with Crippen molar-refractivity contribution in [1.82, 2.24) is 5.43 Å². The van der Waals surface area contributed by atoms with Crippen LogP contribution in [0.1, 0.15) is 51.0 Å². The number of halogens is 3. The Morgan fingerprint density at radius 1 is 1.05 bits per heavy atom. The van der Waals surface area contributed by atoms with Gasteiger partial charge in [-0.2, -0.15) is 18.3 Å². The molecule has 0 bridgehead atoms. The Kier molecular flexibility index (Phi) is 8.67. The van der Waals surface area contributed by atoms with Crippen LogP contribution >= 0.6 is 11.3 Å². The molecule has 2 N–H and O–H groups in total. The third kappa shape index (κ3) is 7.12. The number of carbonyl (C=O) groups excluding carboxylic acids is 2. The number of ether oxygens (including phenoxy) is 2. The SMILES string of the molecule is CCOc1cc(C=NNC(=O)c2cc3c(s2)CCCC3)ccc1OCC(=O)Nc1cccc(C(F)(F)F)c1. The number of rotatable bonds is 9. The summed E-state index contributed by atoms with van der Waals surface area (Å²) in [6.07, 6.45) is 1.27. The summed E-state index contributed by atoms with van der Waals surface area (Å²) in [7, 11) is 0. The standard InChI is InChI=1S/C27H26F3N3O4S/c1-2-36-22-12-17(15-31-33-26(35)24-13-18-6-3-4-9-23(18)38-24)10-11-21(22)37-16-25(34)32-20-8-5-7-19(14-20)27(28,29)30/h5,7-8,10-15H,2-4,6,9,16H2,1H3,(H,32,34)(H,33,35). The molecule has 2 amide bonds. The number of anilines is 1. The minimum Gasteiger partial charge on any atom is -0.490 e. The van der Waals surface area contributed by atoms with Crippen LogP contribution in [0.15, 0.2) is 53.6 Å². The number of hydrogen-bond donors (Lipinski definition) is 2. The van der Waals surface area contributed by atoms with E-state index in [4.69, 9.17) is 9.47 Å². The third-order valence-electron chi connectivity index (χ3n) is 5.70. The number of thiophene rings is 1. The average Bonchev–Trinajstić information content (AvgIpc) is 3.33. The van der Waals surface area contributed by atoms with E-state index in [2.05, 4.69) is 15.8 Å². The quantitative estimate of drug-likeness (QED) is 0.262. The van der Waals surface area contributed by atoms with Crippen molar-refractivity contribution in [2.45, 2.75) is 38.8 Å². The topological polar surface area (TPSA) is 89.0 Å². The van der Waals surface area contributed by atoms with Crippen molar-refractivity contribution < 1.29 is 32.2 Å². The third-order valence-corrected chi connectivity index (χ3v) is 6.94. The van der Waals surface area contributed by atoms with Crippen LogP contribution in [0, 0.1) is 0 Å². The Hall–Kier alpha value is -3.86. The molecule has 0 atom stereocenters. The zero-order chi connectivity index (χ0) is 27.1. The highest BCUT2D eigenvalue weighted by molar-refractivity contribution is 7.14. The number of fused-ring (bicyclic) bond motifs is 1. The zero-order valence-corrected chi connectivity index (χ0v) is 21.4. The molecule has 1 heterocycles. The summed E-state index contributed by atoms with van der Waals surface area (Å²) in [6.45, 7) is 1.67. The van der Waals surface area contributed by atoms with Crippen molar-refractivity contribution in [3.8, 4) is 11.5 Å². The number of aryl methyl sites for hydroxylation is 2. The summed E-state index contributed by atoms with van der Waals surface area (Å²) in [4.78, 5) is 26.6. The van der Waals surface area contributed by atoms with Gasteiger partial charge in [-0.05, 0) is 86.2 Å². The Balaban J connectivity index is 1.34. The lowest BCUT2D eigenvalue weighted by atomic mass is 9.99. The van der Waals surface area contributed by atoms with Crippen LogP contribution in [0.2, 0.25) is 0 Å². The molecule has 38 heavy (non-hydrogen) atoms. The fraction of sp³-hybridized carbons (Fsp3) is 0.296. The van der Waals surface area contributed by atoms with Gasteiger partial charge in [-0.15, -0.1) is 11.3 Å². The molecule has 4 rings (SSSR count). The van der Waals surface area contributed by atoms with Gasteiger partial charge in [-0.25, -0.2) is 5.43 Å². The number of alkyl halides is 3. The van der Waals surface area contributed by atoms with E-state index in [1.165, 1.54) is 40.1 Å². The second-order valence-electron chi connectivity index (χ2n) is 8.52. The normalized spacial score (nSPS) is 13.2. The van der Waals surface area contributed by atoms with Gasteiger partial charge in [0.05, 0.1) is 23.3 Å². The Bertz CT molecular complexity index is 1310. The monoisotopic (exact) mass is 545 g/mol. The Morgan fingerprint density at radius 2 is 1.87 bits per heavy atom. The summed E-state index contributed by atoms with van der Waals surface area (Å²) in [6, 6.07) is 11.2. The van der Waals surface area contributed by atoms with Crippen molar-refractivity contribution in [1.29, 1.82) is 0 Å². The second-order valence-corrected chi connectivity index (χ2v) is 9.66. The van der Waals surface area contributed by atoms with Crippen molar-refractivity contribution >= 4 is 35.1 Å². The van der Waals surface area contributed by atoms with E-state index < -0.39 is 24.3 Å². The number of nitrogens with one attached hydrogen (secondary N) is 2. The fourth-order valence-electron chi connectivity index (χ4n) is 3.93. The fourth-order valence-corrected chi connectivity index (χ4v) is 5.07. The highest BCUT2D eigenvalue weighted by Gasteiger charge is 2.30. The van der Waals surface area contributed by atoms with Crippen LogP contribution in [0.4, 0.5) is 18.9 Å². The molecule has 0 saturated carbocycles. The number of nitrogens with zero attached hydrogens (tertiary/aromatic N) is 1. The Morgan fingerprint density at radius 3 is 2.63 bits per heavy atom. The summed E-state index contributed by atoms with van der Waals surface area (Å²) in [5.41, 5.74) is 3.56. The van der Waals surface area contributed by atoms with Gasteiger partial charge in [0.1, 0.15) is 0 Å². The molecule has 7 nitrogen and oxygen atoms in total. The molecule has 2 aromatic carbocycles. The van der Waals surface area contributed by atoms with Gasteiger partial charge < -0.3 is 14.8 Å². The van der Waals surface area contributed by atoms with Gasteiger partial charge in [0, 0.05) is 10.6 Å². The van der Waals surface area contributed by atoms with Crippen LogP contribution in [-0.4, -0.2) is 31.2 Å². The van der Waals surface area contributed by atoms with E-state index in [-0.39, 0.29) is 17.3 Å². The van der Waals surface area contributed by atoms with Crippen molar-refractivity contribution in [3.05, 3.63) is 75.0 Å². The van der Waals surface area contributed by atoms with E-state index in [9.17, 15) is 22.8 Å². The molecule has 0 unspecified atom stereocenters. The molecular weight excluding hydrogens is 519 g/mol. The second kappa shape index (κ2) is 12.1. The summed E-state index contributed by atoms with van der Waals surface area (Å²) in [5, 5.41) is 6.43. The number of hydrogen-bond acceptors (Lipinski definition) is 6. The summed E-state index contributed by atoms with van der Waals surface area (Å²) < 4.78 is 49.8. The van der Waals surface area contributed by atoms with Crippen LogP contribution in [0.5, 0.6) is 11.5 Å². The van der Waals surface area contributed by atoms with Gasteiger partial charge in [0.2, 0.25) is 0 Å². The molecule has 1 aliphatic rings. The Labute approximate surface area is 221 Å². The van der Waals surface area contributed by atoms with Gasteiger partial charge in [0.25, 0.3) is 11.8 Å². The average molecular weight is 546 g/mol. The van der Waals surface area contributed by atoms with E-state index in [0.717, 1.165) is 37.8 Å². The molecule has 1 aliphatic carbocycles. The van der Waals surface area contributed by atoms with Gasteiger partial charge in [-0.1, -0.05) is 6.07 Å². The minimum absolute atomic E-state index is 0.00906. The van der Waals surface area contributed by atoms with Crippen LogP contribution < -0.4 is 20.2 Å². The highest BCUT2D eigenvalue weighted by atomic mass is 32.1. The van der Waals surface area contributed by atoms with E-state index in [1.807, 2.05) is 6.07 Å². The molecule has 0 aliphatic heterocycles. The first-order valence-corrected chi connectivity index (χ1v) is 12.9. The van der Waals surface area contributed by atoms with Crippen molar-refractivity contribution in [2.24, 2.45) is 5.10 Å².